The molecule has 5 nitrogen and oxygen atoms in total. The Labute approximate surface area is 199 Å². The number of phenols is 1. The van der Waals surface area contributed by atoms with Crippen molar-refractivity contribution in [1.29, 1.82) is 0 Å². The third-order valence-corrected chi connectivity index (χ3v) is 6.39. The number of halogens is 1. The summed E-state index contributed by atoms with van der Waals surface area (Å²) < 4.78 is 5.98. The fourth-order valence-corrected chi connectivity index (χ4v) is 4.70. The molecule has 3 aromatic rings. The molecule has 1 N–H and O–H groups in total. The number of carbonyl (C=O) groups excluding carboxylic acids is 1. The molecule has 1 amide bonds. The lowest BCUT2D eigenvalue weighted by Gasteiger charge is -2.15. The Kier molecular flexibility index (Phi) is 6.97. The highest BCUT2D eigenvalue weighted by Gasteiger charge is 2.33. The maximum absolute atomic E-state index is 13.3. The van der Waals surface area contributed by atoms with E-state index in [2.05, 4.69) is 15.9 Å². The molecule has 3 aromatic carbocycles. The van der Waals surface area contributed by atoms with Crippen LogP contribution in [0.25, 0.3) is 6.08 Å². The minimum Gasteiger partial charge on any atom is -0.504 e. The molecule has 1 aliphatic heterocycles. The molecule has 0 radical (unpaired) electrons. The van der Waals surface area contributed by atoms with Gasteiger partial charge < -0.3 is 9.84 Å². The number of hydrogen-bond donors (Lipinski definition) is 1. The number of amides is 1. The molecule has 0 unspecified atom stereocenters. The van der Waals surface area contributed by atoms with Crippen molar-refractivity contribution in [3.63, 3.8) is 0 Å². The Balaban J connectivity index is 1.68. The Morgan fingerprint density at radius 3 is 2.38 bits per heavy atom. The lowest BCUT2D eigenvalue weighted by Crippen LogP contribution is -2.28. The minimum absolute atomic E-state index is 0.0131. The maximum atomic E-state index is 13.3. The van der Waals surface area contributed by atoms with Gasteiger partial charge in [0, 0.05) is 10.0 Å². The lowest BCUT2D eigenvalue weighted by molar-refractivity contribution is -0.122. The number of carbonyl (C=O) groups is 1. The van der Waals surface area contributed by atoms with E-state index in [1.54, 1.807) is 23.1 Å². The van der Waals surface area contributed by atoms with E-state index in [-0.39, 0.29) is 11.7 Å². The summed E-state index contributed by atoms with van der Waals surface area (Å²) in [6.07, 6.45) is 1.68. The average molecular weight is 509 g/mol. The number of hydrogen-bond acceptors (Lipinski definition) is 5. The Bertz CT molecular complexity index is 1180. The number of ether oxygens (including phenoxy) is 1. The van der Waals surface area contributed by atoms with Crippen molar-refractivity contribution in [3.05, 3.63) is 98.9 Å². The van der Waals surface area contributed by atoms with Crippen LogP contribution >= 0.6 is 27.7 Å². The van der Waals surface area contributed by atoms with Gasteiger partial charge in [0.15, 0.2) is 16.7 Å². The van der Waals surface area contributed by atoms with Crippen LogP contribution in [0.5, 0.6) is 11.5 Å². The molecular formula is C25H21BrN2O3S. The normalized spacial score (nSPS) is 16.2. The Morgan fingerprint density at radius 1 is 1.06 bits per heavy atom. The molecule has 162 valence electrons. The topological polar surface area (TPSA) is 62.1 Å². The predicted octanol–water partition coefficient (Wildman–Crippen LogP) is 5.84. The highest BCUT2D eigenvalue weighted by molar-refractivity contribution is 9.10. The molecule has 4 rings (SSSR count). The zero-order valence-electron chi connectivity index (χ0n) is 17.4. The molecule has 0 atom stereocenters. The van der Waals surface area contributed by atoms with Gasteiger partial charge in [-0.05, 0) is 41.1 Å². The smallest absolute Gasteiger partial charge is 0.267 e. The number of amidine groups is 1. The van der Waals surface area contributed by atoms with Gasteiger partial charge in [-0.2, -0.15) is 0 Å². The average Bonchev–Trinajstić information content (AvgIpc) is 3.10. The summed E-state index contributed by atoms with van der Waals surface area (Å²) in [4.78, 5) is 20.2. The van der Waals surface area contributed by atoms with Crippen LogP contribution in [-0.2, 0) is 17.9 Å². The van der Waals surface area contributed by atoms with Gasteiger partial charge in [0.25, 0.3) is 5.91 Å². The number of thioether (sulfide) groups is 1. The lowest BCUT2D eigenvalue weighted by atomic mass is 10.1. The summed E-state index contributed by atoms with van der Waals surface area (Å²) in [7, 11) is 1.49. The first-order chi connectivity index (χ1) is 15.5. The molecule has 0 spiro atoms. The minimum atomic E-state index is -0.149. The molecule has 0 aliphatic carbocycles. The fourth-order valence-electron chi connectivity index (χ4n) is 3.27. The van der Waals surface area contributed by atoms with Crippen LogP contribution in [0.4, 0.5) is 0 Å². The molecule has 0 bridgehead atoms. The van der Waals surface area contributed by atoms with Crippen LogP contribution in [0.3, 0.4) is 0 Å². The van der Waals surface area contributed by atoms with E-state index in [9.17, 15) is 9.90 Å². The van der Waals surface area contributed by atoms with Crippen molar-refractivity contribution in [2.24, 2.45) is 4.99 Å². The van der Waals surface area contributed by atoms with E-state index in [0.717, 1.165) is 15.6 Å². The van der Waals surface area contributed by atoms with E-state index >= 15 is 0 Å². The number of nitrogens with zero attached hydrogens (tertiary/aromatic N) is 2. The standard InChI is InChI=1S/C25H21BrN2O3S/c1-31-21-14-20(26)12-19(23(21)29)13-22-24(30)28(16-18-10-6-3-7-11-18)25(32-22)27-15-17-8-4-2-5-9-17/h2-14,29H,15-16H2,1H3/b22-13-,27-25?. The highest BCUT2D eigenvalue weighted by Crippen LogP contribution is 2.39. The van der Waals surface area contributed by atoms with Crippen molar-refractivity contribution in [1.82, 2.24) is 4.90 Å². The summed E-state index contributed by atoms with van der Waals surface area (Å²) in [5.74, 6) is 0.172. The van der Waals surface area contributed by atoms with E-state index < -0.39 is 0 Å². The first-order valence-electron chi connectivity index (χ1n) is 9.95. The van der Waals surface area contributed by atoms with Crippen LogP contribution < -0.4 is 4.74 Å². The van der Waals surface area contributed by atoms with Crippen LogP contribution in [0.2, 0.25) is 0 Å². The number of aliphatic imine (C=N–C) groups is 1. The monoisotopic (exact) mass is 508 g/mol. The van der Waals surface area contributed by atoms with Gasteiger partial charge in [0.1, 0.15) is 0 Å². The van der Waals surface area contributed by atoms with Crippen molar-refractivity contribution in [3.8, 4) is 11.5 Å². The first kappa shape index (κ1) is 22.2. The number of benzene rings is 3. The van der Waals surface area contributed by atoms with E-state index in [4.69, 9.17) is 9.73 Å². The molecule has 0 aromatic heterocycles. The molecule has 1 aliphatic rings. The highest BCUT2D eigenvalue weighted by atomic mass is 79.9. The number of rotatable bonds is 6. The van der Waals surface area contributed by atoms with E-state index in [1.807, 2.05) is 60.7 Å². The number of methoxy groups -OCH3 is 1. The van der Waals surface area contributed by atoms with Crippen molar-refractivity contribution in [2.45, 2.75) is 13.1 Å². The first-order valence-corrected chi connectivity index (χ1v) is 11.6. The molecule has 1 saturated heterocycles. The van der Waals surface area contributed by atoms with Crippen molar-refractivity contribution in [2.75, 3.05) is 7.11 Å². The van der Waals surface area contributed by atoms with Gasteiger partial charge in [-0.25, -0.2) is 0 Å². The van der Waals surface area contributed by atoms with Crippen LogP contribution in [0.1, 0.15) is 16.7 Å². The SMILES string of the molecule is COc1cc(Br)cc(/C=C2\SC(=NCc3ccccc3)N(Cc3ccccc3)C2=O)c1O. The van der Waals surface area contributed by atoms with Gasteiger partial charge >= 0.3 is 0 Å². The zero-order chi connectivity index (χ0) is 22.5. The van der Waals surface area contributed by atoms with Crippen LogP contribution in [-0.4, -0.2) is 28.2 Å². The largest absolute Gasteiger partial charge is 0.504 e. The zero-order valence-corrected chi connectivity index (χ0v) is 19.8. The summed E-state index contributed by atoms with van der Waals surface area (Å²) in [6.45, 7) is 0.899. The second-order valence-electron chi connectivity index (χ2n) is 7.12. The molecule has 0 saturated carbocycles. The van der Waals surface area contributed by atoms with E-state index in [1.165, 1.54) is 18.9 Å². The second kappa shape index (κ2) is 10.1. The molecular weight excluding hydrogens is 488 g/mol. The third-order valence-electron chi connectivity index (χ3n) is 4.89. The Morgan fingerprint density at radius 2 is 1.72 bits per heavy atom. The third kappa shape index (κ3) is 5.06. The summed E-state index contributed by atoms with van der Waals surface area (Å²) >= 11 is 4.73. The van der Waals surface area contributed by atoms with Gasteiger partial charge in [0.2, 0.25) is 0 Å². The molecule has 1 heterocycles. The number of phenolic OH excluding ortho intramolecular Hbond substituents is 1. The fraction of sp³-hybridized carbons (Fsp3) is 0.120. The second-order valence-corrected chi connectivity index (χ2v) is 9.04. The maximum Gasteiger partial charge on any atom is 0.267 e. The van der Waals surface area contributed by atoms with Crippen molar-refractivity contribution < 1.29 is 14.6 Å². The quantitative estimate of drug-likeness (QED) is 0.425. The molecule has 32 heavy (non-hydrogen) atoms. The van der Waals surface area contributed by atoms with E-state index in [0.29, 0.717) is 34.5 Å². The van der Waals surface area contributed by atoms with Gasteiger partial charge in [0.05, 0.1) is 25.1 Å². The summed E-state index contributed by atoms with van der Waals surface area (Å²) in [6, 6.07) is 23.2. The van der Waals surface area contributed by atoms with Crippen molar-refractivity contribution >= 4 is 44.8 Å². The van der Waals surface area contributed by atoms with Crippen LogP contribution in [0.15, 0.2) is 87.2 Å². The van der Waals surface area contributed by atoms with Gasteiger partial charge in [-0.1, -0.05) is 76.6 Å². The summed E-state index contributed by atoms with van der Waals surface area (Å²) in [5, 5.41) is 11.2. The van der Waals surface area contributed by atoms with Gasteiger partial charge in [-0.3, -0.25) is 14.7 Å². The summed E-state index contributed by atoms with van der Waals surface area (Å²) in [5.41, 5.74) is 2.58. The van der Waals surface area contributed by atoms with Gasteiger partial charge in [-0.15, -0.1) is 0 Å². The molecule has 7 heteroatoms. The Hall–Kier alpha value is -3.03. The molecule has 1 fully saturated rings. The number of aromatic hydroxyl groups is 1. The predicted molar refractivity (Wildman–Crippen MR) is 132 cm³/mol. The van der Waals surface area contributed by atoms with Crippen LogP contribution in [0, 0.1) is 0 Å².